The highest BCUT2D eigenvalue weighted by atomic mass is 32.2. The van der Waals surface area contributed by atoms with Gasteiger partial charge in [0.05, 0.1) is 12.0 Å². The van der Waals surface area contributed by atoms with Crippen molar-refractivity contribution in [3.8, 4) is 5.75 Å². The number of sulfonamides is 1. The lowest BCUT2D eigenvalue weighted by Gasteiger charge is -2.32. The second-order valence-corrected chi connectivity index (χ2v) is 10.3. The first kappa shape index (κ1) is 22.9. The molecule has 2 aromatic heterocycles. The van der Waals surface area contributed by atoms with Crippen molar-refractivity contribution in [3.05, 3.63) is 84.2 Å². The van der Waals surface area contributed by atoms with Gasteiger partial charge in [0.2, 0.25) is 0 Å². The Kier molecular flexibility index (Phi) is 6.17. The van der Waals surface area contributed by atoms with E-state index in [1.54, 1.807) is 49.7 Å². The zero-order chi connectivity index (χ0) is 24.4. The van der Waals surface area contributed by atoms with E-state index in [0.29, 0.717) is 36.0 Å². The third-order valence-electron chi connectivity index (χ3n) is 6.46. The predicted molar refractivity (Wildman–Crippen MR) is 134 cm³/mol. The molecule has 35 heavy (non-hydrogen) atoms. The number of methoxy groups -OCH3 is 1. The lowest BCUT2D eigenvalue weighted by atomic mass is 9.89. The molecule has 3 heterocycles. The number of piperidine rings is 1. The van der Waals surface area contributed by atoms with Crippen LogP contribution in [0.1, 0.15) is 34.7 Å². The van der Waals surface area contributed by atoms with Crippen LogP contribution in [0, 0.1) is 0 Å². The van der Waals surface area contributed by atoms with Crippen LogP contribution in [0.3, 0.4) is 0 Å². The number of hydrogen-bond donors (Lipinski definition) is 2. The van der Waals surface area contributed by atoms with Gasteiger partial charge in [-0.25, -0.2) is 13.4 Å². The first-order chi connectivity index (χ1) is 16.9. The molecular weight excluding hydrogens is 464 g/mol. The summed E-state index contributed by atoms with van der Waals surface area (Å²) in [7, 11) is -2.23. The molecule has 1 fully saturated rings. The van der Waals surface area contributed by atoms with Crippen LogP contribution in [0.15, 0.2) is 78.0 Å². The molecule has 180 valence electrons. The normalized spacial score (nSPS) is 14.7. The predicted octanol–water partition coefficient (Wildman–Crippen LogP) is 4.39. The average molecular weight is 491 g/mol. The summed E-state index contributed by atoms with van der Waals surface area (Å²) in [4.78, 5) is 22.6. The van der Waals surface area contributed by atoms with E-state index in [1.807, 2.05) is 17.2 Å². The maximum atomic E-state index is 13.1. The highest BCUT2D eigenvalue weighted by Crippen LogP contribution is 2.33. The molecule has 1 amide bonds. The third-order valence-corrected chi connectivity index (χ3v) is 7.86. The molecule has 2 N–H and O–H groups in total. The number of pyridine rings is 1. The molecule has 0 bridgehead atoms. The Morgan fingerprint density at radius 2 is 1.77 bits per heavy atom. The molecule has 0 spiro atoms. The van der Waals surface area contributed by atoms with Gasteiger partial charge in [-0.3, -0.25) is 9.52 Å². The van der Waals surface area contributed by atoms with Crippen LogP contribution in [-0.2, 0) is 10.0 Å². The standard InChI is InChI=1S/C26H26N4O4S/c1-34-21-8-6-20(7-9-21)29-35(32,33)22-10-4-19(5-11-22)26(31)30-15-12-18(13-16-30)24-17-28-25-23(24)3-2-14-27-25/h2-11,14,17-18,29H,12-13,15-16H2,1H3,(H,27,28). The number of anilines is 1. The molecule has 8 nitrogen and oxygen atoms in total. The number of carbonyl (C=O) groups is 1. The van der Waals surface area contributed by atoms with E-state index in [9.17, 15) is 13.2 Å². The van der Waals surface area contributed by atoms with E-state index >= 15 is 0 Å². The van der Waals surface area contributed by atoms with Gasteiger partial charge in [-0.05, 0) is 85.0 Å². The zero-order valence-electron chi connectivity index (χ0n) is 19.3. The van der Waals surface area contributed by atoms with Crippen molar-refractivity contribution < 1.29 is 17.9 Å². The number of nitrogens with zero attached hydrogens (tertiary/aromatic N) is 2. The number of H-pyrrole nitrogens is 1. The summed E-state index contributed by atoms with van der Waals surface area (Å²) in [5.41, 5.74) is 3.04. The van der Waals surface area contributed by atoms with Gasteiger partial charge in [-0.2, -0.15) is 0 Å². The summed E-state index contributed by atoms with van der Waals surface area (Å²) in [5, 5.41) is 1.14. The molecule has 4 aromatic rings. The molecule has 0 radical (unpaired) electrons. The minimum absolute atomic E-state index is 0.0869. The fourth-order valence-electron chi connectivity index (χ4n) is 4.54. The summed E-state index contributed by atoms with van der Waals surface area (Å²) >= 11 is 0. The number of carbonyl (C=O) groups excluding carboxylic acids is 1. The smallest absolute Gasteiger partial charge is 0.261 e. The first-order valence-electron chi connectivity index (χ1n) is 11.4. The third kappa shape index (κ3) is 4.72. The number of benzene rings is 2. The summed E-state index contributed by atoms with van der Waals surface area (Å²) < 4.78 is 33.1. The van der Waals surface area contributed by atoms with Gasteiger partial charge in [0.25, 0.3) is 15.9 Å². The number of likely N-dealkylation sites (tertiary alicyclic amines) is 1. The van der Waals surface area contributed by atoms with E-state index in [2.05, 4.69) is 20.8 Å². The van der Waals surface area contributed by atoms with E-state index in [-0.39, 0.29) is 10.8 Å². The van der Waals surface area contributed by atoms with Gasteiger partial charge in [0, 0.05) is 42.1 Å². The maximum Gasteiger partial charge on any atom is 0.261 e. The van der Waals surface area contributed by atoms with Crippen molar-refractivity contribution >= 4 is 32.7 Å². The molecule has 0 saturated carbocycles. The molecule has 1 saturated heterocycles. The van der Waals surface area contributed by atoms with Crippen LogP contribution in [0.5, 0.6) is 5.75 Å². The molecule has 0 unspecified atom stereocenters. The number of amides is 1. The maximum absolute atomic E-state index is 13.1. The lowest BCUT2D eigenvalue weighted by molar-refractivity contribution is 0.0713. The molecule has 5 rings (SSSR count). The van der Waals surface area contributed by atoms with E-state index < -0.39 is 10.0 Å². The van der Waals surface area contributed by atoms with Crippen molar-refractivity contribution in [2.75, 3.05) is 24.9 Å². The van der Waals surface area contributed by atoms with Gasteiger partial charge < -0.3 is 14.6 Å². The van der Waals surface area contributed by atoms with Gasteiger partial charge >= 0.3 is 0 Å². The fraction of sp³-hybridized carbons (Fsp3) is 0.231. The van der Waals surface area contributed by atoms with Crippen molar-refractivity contribution in [2.45, 2.75) is 23.7 Å². The summed E-state index contributed by atoms with van der Waals surface area (Å²) in [6.45, 7) is 1.30. The molecule has 1 aliphatic rings. The molecular formula is C26H26N4O4S. The highest BCUT2D eigenvalue weighted by molar-refractivity contribution is 7.92. The Balaban J connectivity index is 1.22. The summed E-state index contributed by atoms with van der Waals surface area (Å²) in [6, 6.07) is 16.7. The van der Waals surface area contributed by atoms with Crippen LogP contribution < -0.4 is 9.46 Å². The lowest BCUT2D eigenvalue weighted by Crippen LogP contribution is -2.37. The van der Waals surface area contributed by atoms with Gasteiger partial charge in [-0.1, -0.05) is 0 Å². The first-order valence-corrected chi connectivity index (χ1v) is 12.9. The Hall–Kier alpha value is -3.85. The Bertz CT molecular complexity index is 1440. The van der Waals surface area contributed by atoms with Gasteiger partial charge in [0.1, 0.15) is 11.4 Å². The van der Waals surface area contributed by atoms with Crippen LogP contribution in [-0.4, -0.2) is 49.4 Å². The fourth-order valence-corrected chi connectivity index (χ4v) is 5.60. The average Bonchev–Trinajstić information content (AvgIpc) is 3.33. The number of aromatic amines is 1. The minimum atomic E-state index is -3.77. The number of nitrogens with one attached hydrogen (secondary N) is 2. The topological polar surface area (TPSA) is 104 Å². The zero-order valence-corrected chi connectivity index (χ0v) is 20.1. The number of rotatable bonds is 6. The van der Waals surface area contributed by atoms with Crippen molar-refractivity contribution in [3.63, 3.8) is 0 Å². The Labute approximate surface area is 204 Å². The van der Waals surface area contributed by atoms with Crippen molar-refractivity contribution in [1.82, 2.24) is 14.9 Å². The molecule has 0 atom stereocenters. The van der Waals surface area contributed by atoms with Gasteiger partial charge in [0.15, 0.2) is 0 Å². The second kappa shape index (κ2) is 9.42. The van der Waals surface area contributed by atoms with Crippen LogP contribution in [0.25, 0.3) is 11.0 Å². The summed E-state index contributed by atoms with van der Waals surface area (Å²) in [6.07, 6.45) is 5.53. The van der Waals surface area contributed by atoms with Crippen molar-refractivity contribution in [1.29, 1.82) is 0 Å². The Morgan fingerprint density at radius 3 is 2.46 bits per heavy atom. The molecule has 0 aliphatic carbocycles. The number of ether oxygens (including phenoxy) is 1. The minimum Gasteiger partial charge on any atom is -0.497 e. The quantitative estimate of drug-likeness (QED) is 0.417. The molecule has 9 heteroatoms. The van der Waals surface area contributed by atoms with Crippen LogP contribution >= 0.6 is 0 Å². The largest absolute Gasteiger partial charge is 0.497 e. The number of aromatic nitrogens is 2. The van der Waals surface area contributed by atoms with E-state index in [4.69, 9.17) is 4.74 Å². The van der Waals surface area contributed by atoms with E-state index in [0.717, 1.165) is 23.9 Å². The number of fused-ring (bicyclic) bond motifs is 1. The van der Waals surface area contributed by atoms with Crippen molar-refractivity contribution in [2.24, 2.45) is 0 Å². The molecule has 1 aliphatic heterocycles. The van der Waals surface area contributed by atoms with Crippen LogP contribution in [0.2, 0.25) is 0 Å². The second-order valence-electron chi connectivity index (χ2n) is 8.57. The SMILES string of the molecule is COc1ccc(NS(=O)(=O)c2ccc(C(=O)N3CCC(c4c[nH]c5ncccc45)CC3)cc2)cc1. The number of hydrogen-bond acceptors (Lipinski definition) is 5. The summed E-state index contributed by atoms with van der Waals surface area (Å²) in [5.74, 6) is 0.919. The monoisotopic (exact) mass is 490 g/mol. The highest BCUT2D eigenvalue weighted by Gasteiger charge is 2.26. The van der Waals surface area contributed by atoms with Crippen LogP contribution in [0.4, 0.5) is 5.69 Å². The Morgan fingerprint density at radius 1 is 1.06 bits per heavy atom. The molecule has 2 aromatic carbocycles. The van der Waals surface area contributed by atoms with E-state index in [1.165, 1.54) is 17.7 Å². The van der Waals surface area contributed by atoms with Gasteiger partial charge in [-0.15, -0.1) is 0 Å².